The minimum absolute atomic E-state index is 0.0982. The van der Waals surface area contributed by atoms with Crippen molar-refractivity contribution in [3.05, 3.63) is 12.2 Å². The van der Waals surface area contributed by atoms with Crippen LogP contribution in [0.2, 0.25) is 0 Å². The average molecular weight is 325 g/mol. The van der Waals surface area contributed by atoms with E-state index in [1.54, 1.807) is 0 Å². The fourth-order valence-corrected chi connectivity index (χ4v) is 2.52. The van der Waals surface area contributed by atoms with Gasteiger partial charge in [-0.25, -0.2) is 0 Å². The van der Waals surface area contributed by atoms with Crippen molar-refractivity contribution < 1.29 is 14.3 Å². The number of unbranched alkanes of at least 4 members (excludes halogenated alkanes) is 8. The highest BCUT2D eigenvalue weighted by Crippen LogP contribution is 2.10. The second kappa shape index (κ2) is 17.2. The Balaban J connectivity index is 3.25. The van der Waals surface area contributed by atoms with Crippen molar-refractivity contribution in [2.45, 2.75) is 96.8 Å². The number of methoxy groups -OCH3 is 1. The predicted octanol–water partition coefficient (Wildman–Crippen LogP) is 5.77. The first-order valence-electron chi connectivity index (χ1n) is 9.44. The lowest BCUT2D eigenvalue weighted by atomic mass is 10.1. The summed E-state index contributed by atoms with van der Waals surface area (Å²) in [6.45, 7) is 2.16. The van der Waals surface area contributed by atoms with Crippen molar-refractivity contribution in [2.75, 3.05) is 7.11 Å². The van der Waals surface area contributed by atoms with Crippen LogP contribution in [0.25, 0.3) is 0 Å². The highest BCUT2D eigenvalue weighted by atomic mass is 16.5. The van der Waals surface area contributed by atoms with Crippen LogP contribution >= 0.6 is 0 Å². The number of hydrogen-bond acceptors (Lipinski definition) is 3. The van der Waals surface area contributed by atoms with Crippen molar-refractivity contribution in [3.63, 3.8) is 0 Å². The number of hydrogen-bond donors (Lipinski definition) is 0. The zero-order valence-corrected chi connectivity index (χ0v) is 15.3. The molecule has 0 bridgehead atoms. The van der Waals surface area contributed by atoms with Gasteiger partial charge >= 0.3 is 5.97 Å². The van der Waals surface area contributed by atoms with E-state index in [4.69, 9.17) is 0 Å². The van der Waals surface area contributed by atoms with Crippen LogP contribution in [0.1, 0.15) is 96.8 Å². The molecule has 0 aromatic heterocycles. The minimum Gasteiger partial charge on any atom is -0.469 e. The molecule has 0 radical (unpaired) electrons. The van der Waals surface area contributed by atoms with Gasteiger partial charge in [0.1, 0.15) is 5.78 Å². The number of Topliss-reactive ketones (excluding diaryl/α,β-unsaturated/α-hetero) is 1. The Morgan fingerprint density at radius 3 is 2.04 bits per heavy atom. The lowest BCUT2D eigenvalue weighted by molar-refractivity contribution is -0.140. The van der Waals surface area contributed by atoms with Gasteiger partial charge in [-0.05, 0) is 32.1 Å². The second-order valence-corrected chi connectivity index (χ2v) is 6.24. The van der Waals surface area contributed by atoms with Crippen LogP contribution in [0.5, 0.6) is 0 Å². The number of esters is 1. The van der Waals surface area contributed by atoms with E-state index in [-0.39, 0.29) is 5.97 Å². The van der Waals surface area contributed by atoms with E-state index >= 15 is 0 Å². The molecule has 0 atom stereocenters. The molecule has 3 heteroatoms. The van der Waals surface area contributed by atoms with Crippen LogP contribution in [0.15, 0.2) is 12.2 Å². The number of ether oxygens (including phenoxy) is 1. The molecule has 0 rings (SSSR count). The molecule has 0 aliphatic rings. The summed E-state index contributed by atoms with van der Waals surface area (Å²) in [4.78, 5) is 22.5. The van der Waals surface area contributed by atoms with Crippen molar-refractivity contribution in [1.29, 1.82) is 0 Å². The first kappa shape index (κ1) is 21.9. The Morgan fingerprint density at radius 2 is 1.35 bits per heavy atom. The van der Waals surface area contributed by atoms with Crippen molar-refractivity contribution in [1.82, 2.24) is 0 Å². The van der Waals surface area contributed by atoms with E-state index in [1.165, 1.54) is 45.6 Å². The molecular weight excluding hydrogens is 288 g/mol. The van der Waals surface area contributed by atoms with Gasteiger partial charge in [0, 0.05) is 19.3 Å². The van der Waals surface area contributed by atoms with Crippen molar-refractivity contribution >= 4 is 11.8 Å². The Morgan fingerprint density at radius 1 is 0.739 bits per heavy atom. The summed E-state index contributed by atoms with van der Waals surface area (Å²) in [7, 11) is 1.44. The monoisotopic (exact) mass is 324 g/mol. The fourth-order valence-electron chi connectivity index (χ4n) is 2.52. The predicted molar refractivity (Wildman–Crippen MR) is 96.5 cm³/mol. The Bertz CT molecular complexity index is 321. The highest BCUT2D eigenvalue weighted by Gasteiger charge is 2.00. The average Bonchev–Trinajstić information content (AvgIpc) is 2.55. The first-order chi connectivity index (χ1) is 11.2. The van der Waals surface area contributed by atoms with Crippen LogP contribution < -0.4 is 0 Å². The van der Waals surface area contributed by atoms with Gasteiger partial charge in [-0.2, -0.15) is 0 Å². The fraction of sp³-hybridized carbons (Fsp3) is 0.800. The maximum absolute atomic E-state index is 11.6. The van der Waals surface area contributed by atoms with E-state index in [9.17, 15) is 9.59 Å². The summed E-state index contributed by atoms with van der Waals surface area (Å²) in [5, 5.41) is 0. The zero-order chi connectivity index (χ0) is 17.2. The smallest absolute Gasteiger partial charge is 0.305 e. The molecular formula is C20H36O3. The lowest BCUT2D eigenvalue weighted by Crippen LogP contribution is -1.99. The summed E-state index contributed by atoms with van der Waals surface area (Å²) in [6.07, 6.45) is 18.8. The number of carbonyl (C=O) groups is 2. The Kier molecular flexibility index (Phi) is 16.4. The maximum atomic E-state index is 11.6. The Hall–Kier alpha value is -1.12. The van der Waals surface area contributed by atoms with Gasteiger partial charge in [-0.3, -0.25) is 9.59 Å². The molecule has 0 aromatic rings. The number of ketones is 1. The normalized spacial score (nSPS) is 11.0. The summed E-state index contributed by atoms with van der Waals surface area (Å²) < 4.78 is 4.61. The molecule has 0 unspecified atom stereocenters. The highest BCUT2D eigenvalue weighted by molar-refractivity contribution is 5.78. The van der Waals surface area contributed by atoms with Crippen molar-refractivity contribution in [2.24, 2.45) is 0 Å². The zero-order valence-electron chi connectivity index (χ0n) is 15.3. The Labute approximate surface area is 142 Å². The van der Waals surface area contributed by atoms with Crippen LogP contribution in [0, 0.1) is 0 Å². The van der Waals surface area contributed by atoms with Crippen LogP contribution in [-0.4, -0.2) is 18.9 Å². The summed E-state index contributed by atoms with van der Waals surface area (Å²) >= 11 is 0. The number of allylic oxidation sites excluding steroid dienone is 2. The molecule has 134 valence electrons. The summed E-state index contributed by atoms with van der Waals surface area (Å²) in [5.74, 6) is 0.314. The quantitative estimate of drug-likeness (QED) is 0.206. The minimum atomic E-state index is -0.0982. The molecule has 0 aromatic carbocycles. The van der Waals surface area contributed by atoms with E-state index in [1.807, 2.05) is 0 Å². The lowest BCUT2D eigenvalue weighted by Gasteiger charge is -2.00. The molecule has 0 amide bonds. The number of carbonyl (C=O) groups excluding carboxylic acids is 2. The van der Waals surface area contributed by atoms with E-state index < -0.39 is 0 Å². The summed E-state index contributed by atoms with van der Waals surface area (Å²) in [6, 6.07) is 0. The standard InChI is InChI=1S/C20H36O3/c1-3-4-13-16-19(21)17-14-11-9-7-5-6-8-10-12-15-18-20(22)23-2/h9,11H,3-8,10,12-18H2,1-2H3/b11-9+. The van der Waals surface area contributed by atoms with Gasteiger partial charge in [0.15, 0.2) is 0 Å². The molecule has 0 aliphatic carbocycles. The maximum Gasteiger partial charge on any atom is 0.305 e. The van der Waals surface area contributed by atoms with E-state index in [2.05, 4.69) is 23.8 Å². The molecule has 0 spiro atoms. The van der Waals surface area contributed by atoms with Crippen LogP contribution in [0.3, 0.4) is 0 Å². The first-order valence-corrected chi connectivity index (χ1v) is 9.44. The molecule has 0 saturated heterocycles. The number of rotatable bonds is 16. The third kappa shape index (κ3) is 17.1. The SMILES string of the molecule is CCCCCC(=O)CC/C=C/CCCCCCCCC(=O)OC. The van der Waals surface area contributed by atoms with Crippen LogP contribution in [-0.2, 0) is 14.3 Å². The third-order valence-electron chi connectivity index (χ3n) is 4.05. The third-order valence-corrected chi connectivity index (χ3v) is 4.05. The van der Waals surface area contributed by atoms with Gasteiger partial charge in [-0.1, -0.05) is 57.6 Å². The second-order valence-electron chi connectivity index (χ2n) is 6.24. The molecule has 0 aliphatic heterocycles. The molecule has 0 N–H and O–H groups in total. The molecule has 0 saturated carbocycles. The van der Waals surface area contributed by atoms with Crippen LogP contribution in [0.4, 0.5) is 0 Å². The molecule has 23 heavy (non-hydrogen) atoms. The molecule has 0 fully saturated rings. The topological polar surface area (TPSA) is 43.4 Å². The van der Waals surface area contributed by atoms with Gasteiger partial charge < -0.3 is 4.74 Å². The molecule has 3 nitrogen and oxygen atoms in total. The summed E-state index contributed by atoms with van der Waals surface area (Å²) in [5.41, 5.74) is 0. The van der Waals surface area contributed by atoms with Crippen molar-refractivity contribution in [3.8, 4) is 0 Å². The van der Waals surface area contributed by atoms with Gasteiger partial charge in [0.25, 0.3) is 0 Å². The van der Waals surface area contributed by atoms with E-state index in [0.29, 0.717) is 18.6 Å². The molecule has 0 heterocycles. The van der Waals surface area contributed by atoms with Gasteiger partial charge in [0.2, 0.25) is 0 Å². The van der Waals surface area contributed by atoms with E-state index in [0.717, 1.165) is 38.5 Å². The largest absolute Gasteiger partial charge is 0.469 e. The van der Waals surface area contributed by atoms with Gasteiger partial charge in [-0.15, -0.1) is 0 Å². The van der Waals surface area contributed by atoms with Gasteiger partial charge in [0.05, 0.1) is 7.11 Å².